The quantitative estimate of drug-likeness (QED) is 0.237. The molecule has 0 aliphatic rings. The molecule has 0 fully saturated rings. The van der Waals surface area contributed by atoms with Gasteiger partial charge in [-0.2, -0.15) is 9.31 Å². The Kier molecular flexibility index (Phi) is 9.89. The lowest BCUT2D eigenvalue weighted by atomic mass is 9.94. The Morgan fingerprint density at radius 3 is 2.27 bits per heavy atom. The summed E-state index contributed by atoms with van der Waals surface area (Å²) in [5.74, 6) is 0.399. The number of benzene rings is 1. The van der Waals surface area contributed by atoms with E-state index in [1.807, 2.05) is 35.7 Å². The highest BCUT2D eigenvalue weighted by molar-refractivity contribution is 8.17. The fourth-order valence-electron chi connectivity index (χ4n) is 5.37. The van der Waals surface area contributed by atoms with Crippen molar-refractivity contribution in [3.63, 3.8) is 0 Å². The van der Waals surface area contributed by atoms with E-state index in [1.165, 1.54) is 6.26 Å². The molecule has 40 heavy (non-hydrogen) atoms. The summed E-state index contributed by atoms with van der Waals surface area (Å²) in [7, 11) is -2.65. The molecule has 0 radical (unpaired) electrons. The molecule has 0 saturated heterocycles. The minimum atomic E-state index is -4.54. The van der Waals surface area contributed by atoms with Crippen molar-refractivity contribution in [3.05, 3.63) is 59.0 Å². The van der Waals surface area contributed by atoms with E-state index in [4.69, 9.17) is 4.42 Å². The summed E-state index contributed by atoms with van der Waals surface area (Å²) in [5.41, 5.74) is 2.54. The van der Waals surface area contributed by atoms with Crippen LogP contribution >= 0.6 is 0 Å². The summed E-state index contributed by atoms with van der Waals surface area (Å²) in [5, 5.41) is 5.22. The van der Waals surface area contributed by atoms with Crippen LogP contribution in [-0.2, 0) is 27.6 Å². The van der Waals surface area contributed by atoms with Crippen molar-refractivity contribution in [2.45, 2.75) is 72.6 Å². The zero-order valence-electron chi connectivity index (χ0n) is 25.8. The third kappa shape index (κ3) is 7.72. The molecule has 0 aliphatic carbocycles. The van der Waals surface area contributed by atoms with Gasteiger partial charge in [-0.3, -0.25) is 14.0 Å². The molecule has 0 unspecified atom stereocenters. The van der Waals surface area contributed by atoms with Crippen molar-refractivity contribution >= 4 is 26.2 Å². The maximum absolute atomic E-state index is 14.8. The van der Waals surface area contributed by atoms with Crippen LogP contribution in [0.15, 0.2) is 56.9 Å². The van der Waals surface area contributed by atoms with Gasteiger partial charge in [0.2, 0.25) is 5.91 Å². The average molecular weight is 572 g/mol. The standard InChI is InChI=1S/C32H49N3O4S/c1-22(2)16-27(32(36)35(20-23(3)4)21-24(5)6)19-29(11-10-28-17-25(7)33-34(28)8)40(9,37,38)30-12-13-31-26(18-30)14-15-39-31/h12-15,17-19,22-24,27H,10-11,16,20-21H2,1-9H3,(H,37,38)/b29-19-/t27-/m1/s1. The highest BCUT2D eigenvalue weighted by Gasteiger charge is 2.33. The average Bonchev–Trinajstić information content (AvgIpc) is 3.43. The van der Waals surface area contributed by atoms with Gasteiger partial charge in [-0.05, 0) is 74.3 Å². The molecule has 7 nitrogen and oxygen atoms in total. The topological polar surface area (TPSA) is 88.6 Å². The summed E-state index contributed by atoms with van der Waals surface area (Å²) in [4.78, 5) is 16.8. The van der Waals surface area contributed by atoms with Crippen LogP contribution in [0.3, 0.4) is 0 Å². The Morgan fingerprint density at radius 1 is 1.07 bits per heavy atom. The van der Waals surface area contributed by atoms with E-state index in [-0.39, 0.29) is 11.8 Å². The predicted molar refractivity (Wildman–Crippen MR) is 165 cm³/mol. The van der Waals surface area contributed by atoms with E-state index in [1.54, 1.807) is 30.5 Å². The lowest BCUT2D eigenvalue weighted by Crippen LogP contribution is -2.41. The first kappa shape index (κ1) is 31.8. The fourth-order valence-corrected chi connectivity index (χ4v) is 7.54. The summed E-state index contributed by atoms with van der Waals surface area (Å²) < 4.78 is 34.3. The van der Waals surface area contributed by atoms with Crippen molar-refractivity contribution in [1.82, 2.24) is 14.7 Å². The summed E-state index contributed by atoms with van der Waals surface area (Å²) in [6.45, 7) is 15.9. The van der Waals surface area contributed by atoms with Gasteiger partial charge in [0.1, 0.15) is 5.58 Å². The van der Waals surface area contributed by atoms with Gasteiger partial charge in [0.15, 0.2) is 0 Å². The number of fused-ring (bicyclic) bond motifs is 1. The number of carbonyl (C=O) groups is 1. The summed E-state index contributed by atoms with van der Waals surface area (Å²) in [6.07, 6.45) is 6.30. The van der Waals surface area contributed by atoms with Gasteiger partial charge in [0.25, 0.3) is 0 Å². The number of hydrogen-bond acceptors (Lipinski definition) is 4. The molecule has 1 atom stereocenters. The number of aryl methyl sites for hydroxylation is 3. The maximum atomic E-state index is 14.8. The van der Waals surface area contributed by atoms with Gasteiger partial charge in [0, 0.05) is 42.4 Å². The van der Waals surface area contributed by atoms with E-state index >= 15 is 0 Å². The van der Waals surface area contributed by atoms with Crippen LogP contribution in [0.5, 0.6) is 0 Å². The molecule has 1 amide bonds. The first-order valence-corrected chi connectivity index (χ1v) is 16.7. The second-order valence-electron chi connectivity index (χ2n) is 12.7. The smallest absolute Gasteiger partial charge is 0.229 e. The molecular formula is C32H49N3O4S. The van der Waals surface area contributed by atoms with Gasteiger partial charge in [0.05, 0.1) is 22.8 Å². The molecule has 2 aromatic heterocycles. The zero-order valence-corrected chi connectivity index (χ0v) is 26.6. The molecule has 0 bridgehead atoms. The van der Waals surface area contributed by atoms with E-state index in [9.17, 15) is 13.6 Å². The third-order valence-corrected chi connectivity index (χ3v) is 10.2. The highest BCUT2D eigenvalue weighted by atomic mass is 32.3. The van der Waals surface area contributed by atoms with Crippen LogP contribution in [0.2, 0.25) is 0 Å². The number of rotatable bonds is 13. The van der Waals surface area contributed by atoms with Gasteiger partial charge in [-0.1, -0.05) is 47.6 Å². The van der Waals surface area contributed by atoms with Gasteiger partial charge >= 0.3 is 0 Å². The Labute approximate surface area is 240 Å². The first-order chi connectivity index (χ1) is 18.6. The van der Waals surface area contributed by atoms with Crippen molar-refractivity contribution < 1.29 is 18.0 Å². The van der Waals surface area contributed by atoms with Gasteiger partial charge < -0.3 is 9.32 Å². The normalized spacial score (nSPS) is 14.7. The fraction of sp³-hybridized carbons (Fsp3) is 0.562. The van der Waals surface area contributed by atoms with Crippen molar-refractivity contribution in [1.29, 1.82) is 0 Å². The van der Waals surface area contributed by atoms with Crippen LogP contribution in [0, 0.1) is 30.6 Å². The number of furan rings is 1. The van der Waals surface area contributed by atoms with Crippen LogP contribution in [0.25, 0.3) is 11.0 Å². The number of nitrogens with zero attached hydrogens (tertiary/aromatic N) is 3. The monoisotopic (exact) mass is 571 g/mol. The summed E-state index contributed by atoms with van der Waals surface area (Å²) in [6, 6.07) is 8.95. The number of amides is 1. The molecule has 0 aliphatic heterocycles. The summed E-state index contributed by atoms with van der Waals surface area (Å²) >= 11 is 0. The Hall–Kier alpha value is -2.71. The van der Waals surface area contributed by atoms with Gasteiger partial charge in [-0.25, -0.2) is 0 Å². The minimum absolute atomic E-state index is 0.0263. The van der Waals surface area contributed by atoms with E-state index < -0.39 is 15.3 Å². The number of aromatic nitrogens is 2. The van der Waals surface area contributed by atoms with Crippen LogP contribution in [0.4, 0.5) is 0 Å². The molecule has 8 heteroatoms. The van der Waals surface area contributed by atoms with Crippen LogP contribution in [0.1, 0.15) is 65.8 Å². The minimum Gasteiger partial charge on any atom is -0.464 e. The first-order valence-electron chi connectivity index (χ1n) is 14.4. The van der Waals surface area contributed by atoms with Crippen molar-refractivity contribution in [2.75, 3.05) is 19.3 Å². The van der Waals surface area contributed by atoms with Crippen molar-refractivity contribution in [2.24, 2.45) is 30.7 Å². The van der Waals surface area contributed by atoms with E-state index in [0.717, 1.165) is 16.8 Å². The largest absolute Gasteiger partial charge is 0.464 e. The molecule has 222 valence electrons. The Bertz CT molecular complexity index is 1400. The van der Waals surface area contributed by atoms with Gasteiger partial charge in [-0.15, -0.1) is 9.35 Å². The molecule has 2 heterocycles. The molecule has 0 saturated carbocycles. The highest BCUT2D eigenvalue weighted by Crippen LogP contribution is 2.42. The SMILES string of the molecule is Cc1cc(CC/C(=C/[C@@H](CC(C)C)C(=O)N(CC(C)C)CC(C)C)S(C)(=O)(O)c2ccc3occc3c2)n(C)n1. The third-order valence-electron chi connectivity index (χ3n) is 7.24. The molecule has 0 spiro atoms. The number of carbonyl (C=O) groups excluding carboxylic acids is 1. The number of allylic oxidation sites excluding steroid dienone is 1. The van der Waals surface area contributed by atoms with E-state index in [2.05, 4.69) is 46.6 Å². The molecule has 1 N–H and O–H groups in total. The van der Waals surface area contributed by atoms with E-state index in [0.29, 0.717) is 59.6 Å². The molecule has 3 aromatic rings. The zero-order chi connectivity index (χ0) is 29.9. The second-order valence-corrected chi connectivity index (χ2v) is 16.3. The Morgan fingerprint density at radius 2 is 1.73 bits per heavy atom. The lowest BCUT2D eigenvalue weighted by Gasteiger charge is -2.42. The van der Waals surface area contributed by atoms with Crippen molar-refractivity contribution in [3.8, 4) is 0 Å². The van der Waals surface area contributed by atoms with Crippen LogP contribution < -0.4 is 0 Å². The van der Waals surface area contributed by atoms with Crippen LogP contribution in [-0.4, -0.2) is 48.7 Å². The Balaban J connectivity index is 2.14. The lowest BCUT2D eigenvalue weighted by molar-refractivity contribution is -0.135. The number of hydrogen-bond donors (Lipinski definition) is 1. The molecular weight excluding hydrogens is 522 g/mol. The maximum Gasteiger partial charge on any atom is 0.229 e. The predicted octanol–water partition coefficient (Wildman–Crippen LogP) is 7.08. The molecule has 3 rings (SSSR count). The molecule has 1 aromatic carbocycles. The second kappa shape index (κ2) is 12.4.